The normalized spacial score (nSPS) is 11.2. The van der Waals surface area contributed by atoms with Gasteiger partial charge in [-0.1, -0.05) is 12.1 Å². The van der Waals surface area contributed by atoms with Crippen LogP contribution in [0.2, 0.25) is 0 Å². The van der Waals surface area contributed by atoms with Crippen LogP contribution in [-0.2, 0) is 7.05 Å². The first-order valence-corrected chi connectivity index (χ1v) is 6.04. The molecule has 1 aromatic carbocycles. The number of hydrogen-bond donors (Lipinski definition) is 1. The molecule has 0 atom stereocenters. The molecule has 0 spiro atoms. The van der Waals surface area contributed by atoms with Gasteiger partial charge in [0, 0.05) is 7.05 Å². The molecule has 20 heavy (non-hydrogen) atoms. The van der Waals surface area contributed by atoms with Crippen molar-refractivity contribution in [3.8, 4) is 0 Å². The van der Waals surface area contributed by atoms with Crippen LogP contribution in [0.4, 0.5) is 0 Å². The summed E-state index contributed by atoms with van der Waals surface area (Å²) in [4.78, 5) is 16.0. The second-order valence-electron chi connectivity index (χ2n) is 4.19. The summed E-state index contributed by atoms with van der Waals surface area (Å²) >= 11 is 0. The molecule has 0 fully saturated rings. The van der Waals surface area contributed by atoms with E-state index in [4.69, 9.17) is 4.42 Å². The highest BCUT2D eigenvalue weighted by Crippen LogP contribution is 2.12. The number of nitrogens with one attached hydrogen (secondary N) is 1. The number of aryl methyl sites for hydroxylation is 1. The van der Waals surface area contributed by atoms with E-state index in [1.54, 1.807) is 12.1 Å². The lowest BCUT2D eigenvalue weighted by atomic mass is 10.3. The van der Waals surface area contributed by atoms with Crippen LogP contribution in [0.1, 0.15) is 16.4 Å². The average Bonchev–Trinajstić information content (AvgIpc) is 3.09. The van der Waals surface area contributed by atoms with Gasteiger partial charge in [0.2, 0.25) is 0 Å². The Kier molecular flexibility index (Phi) is 3.04. The largest absolute Gasteiger partial charge is 0.459 e. The standard InChI is InChI=1S/C14H12N4O2/c1-18-11-6-3-2-5-10(11)16-13(18)9-15-17-14(19)12-7-4-8-20-12/h2-9H,1H3,(H,17,19)/b15-9+. The van der Waals surface area contributed by atoms with Crippen molar-refractivity contribution in [2.75, 3.05) is 0 Å². The van der Waals surface area contributed by atoms with E-state index in [-0.39, 0.29) is 5.76 Å². The fraction of sp³-hybridized carbons (Fsp3) is 0.0714. The summed E-state index contributed by atoms with van der Waals surface area (Å²) in [6.07, 6.45) is 2.94. The Morgan fingerprint density at radius 2 is 2.20 bits per heavy atom. The Balaban J connectivity index is 1.78. The number of carbonyl (C=O) groups excluding carboxylic acids is 1. The number of carbonyl (C=O) groups is 1. The summed E-state index contributed by atoms with van der Waals surface area (Å²) in [5.41, 5.74) is 4.28. The minimum Gasteiger partial charge on any atom is -0.459 e. The van der Waals surface area contributed by atoms with E-state index >= 15 is 0 Å². The van der Waals surface area contributed by atoms with Crippen LogP contribution in [0.25, 0.3) is 11.0 Å². The number of amides is 1. The van der Waals surface area contributed by atoms with Crippen molar-refractivity contribution in [3.05, 3.63) is 54.2 Å². The maximum absolute atomic E-state index is 11.6. The molecule has 2 heterocycles. The average molecular weight is 268 g/mol. The third kappa shape index (κ3) is 2.18. The molecule has 0 saturated heterocycles. The summed E-state index contributed by atoms with van der Waals surface area (Å²) in [7, 11) is 1.89. The summed E-state index contributed by atoms with van der Waals surface area (Å²) in [6.45, 7) is 0. The minimum atomic E-state index is -0.398. The highest BCUT2D eigenvalue weighted by Gasteiger charge is 2.07. The fourth-order valence-electron chi connectivity index (χ4n) is 1.89. The van der Waals surface area contributed by atoms with Crippen LogP contribution in [-0.4, -0.2) is 21.7 Å². The summed E-state index contributed by atoms with van der Waals surface area (Å²) < 4.78 is 6.86. The van der Waals surface area contributed by atoms with Crippen LogP contribution < -0.4 is 5.43 Å². The van der Waals surface area contributed by atoms with Crippen molar-refractivity contribution in [3.63, 3.8) is 0 Å². The van der Waals surface area contributed by atoms with Crippen LogP contribution in [0.5, 0.6) is 0 Å². The topological polar surface area (TPSA) is 72.4 Å². The van der Waals surface area contributed by atoms with Gasteiger partial charge in [-0.2, -0.15) is 5.10 Å². The molecule has 6 heteroatoms. The van der Waals surface area contributed by atoms with E-state index in [9.17, 15) is 4.79 Å². The van der Waals surface area contributed by atoms with Crippen LogP contribution in [0.15, 0.2) is 52.2 Å². The molecule has 0 unspecified atom stereocenters. The number of hydrogen-bond acceptors (Lipinski definition) is 4. The van der Waals surface area contributed by atoms with E-state index in [2.05, 4.69) is 15.5 Å². The van der Waals surface area contributed by atoms with Crippen molar-refractivity contribution in [1.82, 2.24) is 15.0 Å². The molecule has 0 radical (unpaired) electrons. The van der Waals surface area contributed by atoms with Gasteiger partial charge in [-0.15, -0.1) is 0 Å². The van der Waals surface area contributed by atoms with Crippen molar-refractivity contribution in [2.45, 2.75) is 0 Å². The molecular weight excluding hydrogens is 256 g/mol. The van der Waals surface area contributed by atoms with E-state index in [0.29, 0.717) is 5.82 Å². The molecule has 6 nitrogen and oxygen atoms in total. The zero-order valence-electron chi connectivity index (χ0n) is 10.8. The Bertz CT molecular complexity index is 772. The van der Waals surface area contributed by atoms with E-state index in [1.807, 2.05) is 35.9 Å². The van der Waals surface area contributed by atoms with Crippen molar-refractivity contribution in [2.24, 2.45) is 12.1 Å². The molecule has 3 aromatic rings. The molecule has 0 aliphatic rings. The molecule has 1 amide bonds. The summed E-state index contributed by atoms with van der Waals surface area (Å²) in [5.74, 6) is 0.475. The minimum absolute atomic E-state index is 0.215. The van der Waals surface area contributed by atoms with Gasteiger partial charge in [0.15, 0.2) is 11.6 Å². The smallest absolute Gasteiger partial charge is 0.307 e. The van der Waals surface area contributed by atoms with Crippen LogP contribution >= 0.6 is 0 Å². The zero-order chi connectivity index (χ0) is 13.9. The molecule has 0 aliphatic carbocycles. The van der Waals surface area contributed by atoms with Gasteiger partial charge < -0.3 is 8.98 Å². The number of imidazole rings is 1. The quantitative estimate of drug-likeness (QED) is 0.582. The summed E-state index contributed by atoms with van der Waals surface area (Å²) in [5, 5.41) is 3.89. The lowest BCUT2D eigenvalue weighted by Gasteiger charge is -1.97. The van der Waals surface area contributed by atoms with E-state index in [1.165, 1.54) is 12.5 Å². The van der Waals surface area contributed by atoms with E-state index < -0.39 is 5.91 Å². The van der Waals surface area contributed by atoms with Gasteiger partial charge in [0.1, 0.15) is 0 Å². The maximum atomic E-state index is 11.6. The number of rotatable bonds is 3. The highest BCUT2D eigenvalue weighted by molar-refractivity contribution is 5.92. The van der Waals surface area contributed by atoms with Crippen molar-refractivity contribution < 1.29 is 9.21 Å². The number of fused-ring (bicyclic) bond motifs is 1. The maximum Gasteiger partial charge on any atom is 0.307 e. The third-order valence-electron chi connectivity index (χ3n) is 2.91. The number of nitrogens with zero attached hydrogens (tertiary/aromatic N) is 3. The molecular formula is C14H12N4O2. The Labute approximate surface area is 114 Å². The Morgan fingerprint density at radius 3 is 2.95 bits per heavy atom. The van der Waals surface area contributed by atoms with Gasteiger partial charge in [-0.3, -0.25) is 4.79 Å². The number of benzene rings is 1. The fourth-order valence-corrected chi connectivity index (χ4v) is 1.89. The Hall–Kier alpha value is -2.89. The SMILES string of the molecule is Cn1c(/C=N/NC(=O)c2ccco2)nc2ccccc21. The summed E-state index contributed by atoms with van der Waals surface area (Å²) in [6, 6.07) is 11.0. The van der Waals surface area contributed by atoms with Gasteiger partial charge in [0.25, 0.3) is 0 Å². The zero-order valence-corrected chi connectivity index (χ0v) is 10.8. The third-order valence-corrected chi connectivity index (χ3v) is 2.91. The lowest BCUT2D eigenvalue weighted by molar-refractivity contribution is 0.0927. The van der Waals surface area contributed by atoms with Gasteiger partial charge in [0.05, 0.1) is 23.5 Å². The lowest BCUT2D eigenvalue weighted by Crippen LogP contribution is -2.17. The number of para-hydroxylation sites is 2. The first kappa shape index (κ1) is 12.2. The number of furan rings is 1. The molecule has 3 rings (SSSR count). The van der Waals surface area contributed by atoms with Crippen molar-refractivity contribution in [1.29, 1.82) is 0 Å². The number of hydrazone groups is 1. The Morgan fingerprint density at radius 1 is 1.35 bits per heavy atom. The van der Waals surface area contributed by atoms with Crippen molar-refractivity contribution >= 4 is 23.2 Å². The highest BCUT2D eigenvalue weighted by atomic mass is 16.3. The molecule has 0 aliphatic heterocycles. The molecule has 1 N–H and O–H groups in total. The molecule has 2 aromatic heterocycles. The van der Waals surface area contributed by atoms with Crippen LogP contribution in [0.3, 0.4) is 0 Å². The predicted molar refractivity (Wildman–Crippen MR) is 74.5 cm³/mol. The second-order valence-corrected chi connectivity index (χ2v) is 4.19. The monoisotopic (exact) mass is 268 g/mol. The molecule has 100 valence electrons. The van der Waals surface area contributed by atoms with Gasteiger partial charge >= 0.3 is 5.91 Å². The molecule has 0 saturated carbocycles. The van der Waals surface area contributed by atoms with Gasteiger partial charge in [-0.05, 0) is 24.3 Å². The first-order chi connectivity index (χ1) is 9.75. The second kappa shape index (κ2) is 5.00. The van der Waals surface area contributed by atoms with Crippen LogP contribution in [0, 0.1) is 0 Å². The molecule has 0 bridgehead atoms. The number of aromatic nitrogens is 2. The van der Waals surface area contributed by atoms with Gasteiger partial charge in [-0.25, -0.2) is 10.4 Å². The van der Waals surface area contributed by atoms with E-state index in [0.717, 1.165) is 11.0 Å². The first-order valence-electron chi connectivity index (χ1n) is 6.04. The predicted octanol–water partition coefficient (Wildman–Crippen LogP) is 1.93.